The Hall–Kier alpha value is -3.30. The highest BCUT2D eigenvalue weighted by Crippen LogP contribution is 2.30. The molecule has 3 heteroatoms. The highest BCUT2D eigenvalue weighted by molar-refractivity contribution is 7.97. The standard InChI is InChI=1S/C18H30O2.C18H15S/c1-2-3-4-5-6-7-8-9-10-11-12-13-14-15-16-17-18(19)20;1-4-10-16(11-5-1)19(17-12-6-2-7-13-17)18-14-8-3-9-15-18/h3-4,6-7,9-10H,2,5,8,11-17H2,1H3,(H,19,20);1-15H/q;+1/p-1/b4-3-,7-6-,10-9-;. The maximum Gasteiger partial charge on any atom is 0.166 e. The Labute approximate surface area is 239 Å². The van der Waals surface area contributed by atoms with Gasteiger partial charge in [0.05, 0.1) is 10.9 Å². The van der Waals surface area contributed by atoms with E-state index in [1.54, 1.807) is 0 Å². The Bertz CT molecular complexity index is 995. The molecule has 0 saturated carbocycles. The highest BCUT2D eigenvalue weighted by atomic mass is 32.2. The molecule has 0 unspecified atom stereocenters. The number of rotatable bonds is 16. The van der Waals surface area contributed by atoms with Crippen molar-refractivity contribution in [1.29, 1.82) is 0 Å². The van der Waals surface area contributed by atoms with Crippen molar-refractivity contribution in [2.24, 2.45) is 0 Å². The van der Waals surface area contributed by atoms with Gasteiger partial charge in [0.25, 0.3) is 0 Å². The third kappa shape index (κ3) is 15.0. The van der Waals surface area contributed by atoms with Crippen LogP contribution in [-0.2, 0) is 15.7 Å². The largest absolute Gasteiger partial charge is 0.550 e. The molecule has 0 aromatic heterocycles. The second-order valence-corrected chi connectivity index (χ2v) is 11.2. The Balaban J connectivity index is 0.000000273. The molecule has 3 aromatic carbocycles. The summed E-state index contributed by atoms with van der Waals surface area (Å²) in [6.45, 7) is 2.15. The zero-order valence-electron chi connectivity index (χ0n) is 23.4. The third-order valence-electron chi connectivity index (χ3n) is 5.97. The zero-order chi connectivity index (χ0) is 27.8. The van der Waals surface area contributed by atoms with Crippen LogP contribution in [0.25, 0.3) is 0 Å². The Morgan fingerprint density at radius 1 is 0.590 bits per heavy atom. The molecule has 3 aromatic rings. The minimum atomic E-state index is -0.925. The van der Waals surface area contributed by atoms with Crippen LogP contribution in [0.4, 0.5) is 0 Å². The van der Waals surface area contributed by atoms with E-state index >= 15 is 0 Å². The molecule has 39 heavy (non-hydrogen) atoms. The van der Waals surface area contributed by atoms with Crippen LogP contribution in [0.3, 0.4) is 0 Å². The van der Waals surface area contributed by atoms with Gasteiger partial charge in [-0.25, -0.2) is 0 Å². The lowest BCUT2D eigenvalue weighted by atomic mass is 10.1. The van der Waals surface area contributed by atoms with Crippen molar-refractivity contribution in [1.82, 2.24) is 0 Å². The van der Waals surface area contributed by atoms with Crippen LogP contribution in [0.15, 0.2) is 142 Å². The van der Waals surface area contributed by atoms with Gasteiger partial charge in [0.1, 0.15) is 0 Å². The molecule has 0 spiro atoms. The van der Waals surface area contributed by atoms with Crippen LogP contribution in [0, 0.1) is 0 Å². The molecule has 0 amide bonds. The number of carboxylic acid groups (broad SMARTS) is 1. The van der Waals surface area contributed by atoms with E-state index in [0.29, 0.717) is 0 Å². The molecule has 0 atom stereocenters. The number of hydrogen-bond donors (Lipinski definition) is 0. The minimum Gasteiger partial charge on any atom is -0.550 e. The van der Waals surface area contributed by atoms with Crippen LogP contribution in [0.1, 0.15) is 71.1 Å². The summed E-state index contributed by atoms with van der Waals surface area (Å²) in [6, 6.07) is 32.2. The van der Waals surface area contributed by atoms with Crippen molar-refractivity contribution in [3.05, 3.63) is 127 Å². The lowest BCUT2D eigenvalue weighted by Gasteiger charge is -2.07. The van der Waals surface area contributed by atoms with E-state index in [1.165, 1.54) is 27.5 Å². The van der Waals surface area contributed by atoms with Gasteiger partial charge in [-0.2, -0.15) is 0 Å². The van der Waals surface area contributed by atoms with Crippen LogP contribution in [0.2, 0.25) is 0 Å². The average molecular weight is 541 g/mol. The summed E-state index contributed by atoms with van der Waals surface area (Å²) in [7, 11) is -0.0146. The van der Waals surface area contributed by atoms with E-state index in [0.717, 1.165) is 44.9 Å². The highest BCUT2D eigenvalue weighted by Gasteiger charge is 2.27. The Morgan fingerprint density at radius 3 is 1.46 bits per heavy atom. The second-order valence-electron chi connectivity index (χ2n) is 9.22. The van der Waals surface area contributed by atoms with Crippen LogP contribution < -0.4 is 5.11 Å². The first-order valence-corrected chi connectivity index (χ1v) is 15.5. The lowest BCUT2D eigenvalue weighted by molar-refractivity contribution is -0.305. The normalized spacial score (nSPS) is 11.3. The number of unbranched alkanes of at least 4 members (excludes halogenated alkanes) is 5. The van der Waals surface area contributed by atoms with E-state index in [1.807, 2.05) is 0 Å². The second kappa shape index (κ2) is 21.6. The van der Waals surface area contributed by atoms with Crippen molar-refractivity contribution >= 4 is 16.9 Å². The monoisotopic (exact) mass is 540 g/mol. The maximum atomic E-state index is 10.2. The molecule has 2 nitrogen and oxygen atoms in total. The number of aliphatic carboxylic acids is 1. The van der Waals surface area contributed by atoms with Crippen molar-refractivity contribution in [2.45, 2.75) is 85.8 Å². The molecule has 0 saturated heterocycles. The summed E-state index contributed by atoms with van der Waals surface area (Å²) in [5.41, 5.74) is 0. The van der Waals surface area contributed by atoms with E-state index in [9.17, 15) is 9.90 Å². The molecular formula is C36H44O2S. The molecule has 0 aliphatic carbocycles. The minimum absolute atomic E-state index is 0.0146. The predicted molar refractivity (Wildman–Crippen MR) is 166 cm³/mol. The summed E-state index contributed by atoms with van der Waals surface area (Å²) < 4.78 is 0. The van der Waals surface area contributed by atoms with E-state index in [4.69, 9.17) is 0 Å². The molecule has 3 rings (SSSR count). The van der Waals surface area contributed by atoms with Gasteiger partial charge in [0.2, 0.25) is 0 Å². The van der Waals surface area contributed by atoms with Crippen molar-refractivity contribution in [3.63, 3.8) is 0 Å². The fourth-order valence-electron chi connectivity index (χ4n) is 3.97. The fraction of sp³-hybridized carbons (Fsp3) is 0.306. The van der Waals surface area contributed by atoms with Gasteiger partial charge in [-0.1, -0.05) is 117 Å². The first-order valence-electron chi connectivity index (χ1n) is 14.3. The van der Waals surface area contributed by atoms with Gasteiger partial charge in [0.15, 0.2) is 14.7 Å². The molecule has 0 aliphatic rings. The number of carbonyl (C=O) groups excluding carboxylic acids is 1. The first kappa shape index (κ1) is 31.9. The summed E-state index contributed by atoms with van der Waals surface area (Å²) >= 11 is 0. The number of carbonyl (C=O) groups is 1. The van der Waals surface area contributed by atoms with Crippen molar-refractivity contribution in [3.8, 4) is 0 Å². The molecule has 206 valence electrons. The van der Waals surface area contributed by atoms with Crippen LogP contribution >= 0.6 is 0 Å². The molecule has 0 heterocycles. The zero-order valence-corrected chi connectivity index (χ0v) is 24.2. The van der Waals surface area contributed by atoms with Gasteiger partial charge in [-0.05, 0) is 81.3 Å². The Morgan fingerprint density at radius 2 is 1.00 bits per heavy atom. The van der Waals surface area contributed by atoms with Gasteiger partial charge >= 0.3 is 0 Å². The summed E-state index contributed by atoms with van der Waals surface area (Å²) in [4.78, 5) is 14.3. The van der Waals surface area contributed by atoms with Crippen LogP contribution in [-0.4, -0.2) is 5.97 Å². The summed E-state index contributed by atoms with van der Waals surface area (Å²) in [5.74, 6) is -0.925. The van der Waals surface area contributed by atoms with E-state index < -0.39 is 5.97 Å². The summed E-state index contributed by atoms with van der Waals surface area (Å²) in [5, 5.41) is 10.2. The number of benzene rings is 3. The quantitative estimate of drug-likeness (QED) is 0.103. The molecule has 0 N–H and O–H groups in total. The SMILES string of the molecule is CC/C=C\C/C=C\C/C=C\CCCCCCCC(=O)[O-].c1ccc([S+](c2ccccc2)c2ccccc2)cc1. The number of allylic oxidation sites excluding steroid dienone is 6. The number of carboxylic acids is 1. The molecule has 0 aliphatic heterocycles. The van der Waals surface area contributed by atoms with Gasteiger partial charge in [0, 0.05) is 5.97 Å². The van der Waals surface area contributed by atoms with E-state index in [-0.39, 0.29) is 17.3 Å². The fourth-order valence-corrected chi connectivity index (χ4v) is 6.07. The molecule has 0 bridgehead atoms. The topological polar surface area (TPSA) is 40.1 Å². The van der Waals surface area contributed by atoms with Gasteiger partial charge < -0.3 is 9.90 Å². The molecule has 0 fully saturated rings. The van der Waals surface area contributed by atoms with Gasteiger partial charge in [-0.3, -0.25) is 0 Å². The number of hydrogen-bond acceptors (Lipinski definition) is 2. The van der Waals surface area contributed by atoms with Crippen LogP contribution in [0.5, 0.6) is 0 Å². The van der Waals surface area contributed by atoms with E-state index in [2.05, 4.69) is 134 Å². The summed E-state index contributed by atoms with van der Waals surface area (Å²) in [6.07, 6.45) is 23.0. The molecular weight excluding hydrogens is 496 g/mol. The average Bonchev–Trinajstić information content (AvgIpc) is 2.97. The van der Waals surface area contributed by atoms with Crippen molar-refractivity contribution in [2.75, 3.05) is 0 Å². The van der Waals surface area contributed by atoms with Gasteiger partial charge in [-0.15, -0.1) is 0 Å². The molecule has 0 radical (unpaired) electrons. The third-order valence-corrected chi connectivity index (χ3v) is 8.20. The first-order chi connectivity index (χ1) is 19.2. The van der Waals surface area contributed by atoms with Crippen molar-refractivity contribution < 1.29 is 9.90 Å². The predicted octanol–water partition coefficient (Wildman–Crippen LogP) is 9.11. The smallest absolute Gasteiger partial charge is 0.166 e. The lowest BCUT2D eigenvalue weighted by Crippen LogP contribution is -2.21. The Kier molecular flexibility index (Phi) is 17.7. The maximum absolute atomic E-state index is 10.2.